The highest BCUT2D eigenvalue weighted by Crippen LogP contribution is 2.38. The van der Waals surface area contributed by atoms with Crippen LogP contribution in [0.2, 0.25) is 0 Å². The molecule has 0 spiro atoms. The van der Waals surface area contributed by atoms with Crippen molar-refractivity contribution in [2.24, 2.45) is 0 Å². The summed E-state index contributed by atoms with van der Waals surface area (Å²) in [5, 5.41) is -0.274. The number of hydrogen-bond acceptors (Lipinski definition) is 5. The maximum Gasteiger partial charge on any atom is 0.293 e. The molecule has 0 bridgehead atoms. The lowest BCUT2D eigenvalue weighted by atomic mass is 10.1. The van der Waals surface area contributed by atoms with Crippen LogP contribution in [0.4, 0.5) is 4.79 Å². The molecule has 2 amide bonds. The van der Waals surface area contributed by atoms with Gasteiger partial charge in [0.15, 0.2) is 11.5 Å². The minimum Gasteiger partial charge on any atom is -0.493 e. The zero-order valence-electron chi connectivity index (χ0n) is 15.1. The summed E-state index contributed by atoms with van der Waals surface area (Å²) in [7, 11) is 3.10. The maximum absolute atomic E-state index is 12.7. The third-order valence-corrected chi connectivity index (χ3v) is 5.68. The highest BCUT2D eigenvalue weighted by Gasteiger charge is 2.35. The molecule has 0 radical (unpaired) electrons. The van der Waals surface area contributed by atoms with Gasteiger partial charge in [0.2, 0.25) is 0 Å². The molecule has 1 aliphatic heterocycles. The van der Waals surface area contributed by atoms with Gasteiger partial charge in [-0.2, -0.15) is 0 Å². The third kappa shape index (κ3) is 4.20. The number of amides is 2. The second-order valence-corrected chi connectivity index (χ2v) is 7.83. The molecule has 1 aliphatic rings. The molecule has 0 N–H and O–H groups in total. The molecule has 2 aromatic rings. The van der Waals surface area contributed by atoms with E-state index >= 15 is 0 Å². The van der Waals surface area contributed by atoms with Crippen molar-refractivity contribution in [1.82, 2.24) is 4.90 Å². The van der Waals surface area contributed by atoms with E-state index in [0.29, 0.717) is 16.4 Å². The molecule has 0 atom stereocenters. The molecule has 27 heavy (non-hydrogen) atoms. The summed E-state index contributed by atoms with van der Waals surface area (Å²) in [6.45, 7) is 2.24. The van der Waals surface area contributed by atoms with Gasteiger partial charge in [-0.25, -0.2) is 0 Å². The first kappa shape index (κ1) is 19.5. The molecule has 0 aromatic heterocycles. The predicted octanol–water partition coefficient (Wildman–Crippen LogP) is 5.01. The fraction of sp³-hybridized carbons (Fsp3) is 0.200. The number of imide groups is 1. The molecule has 0 aliphatic carbocycles. The van der Waals surface area contributed by atoms with Crippen molar-refractivity contribution in [2.75, 3.05) is 14.2 Å². The molecule has 3 rings (SSSR count). The van der Waals surface area contributed by atoms with Crippen molar-refractivity contribution in [1.29, 1.82) is 0 Å². The standard InChI is InChI=1S/C20H18BrNO4S/c1-12-5-4-6-13(7-12)11-22-19(23)18(27-20(22)24)9-14-8-16(25-2)17(26-3)10-15(14)21/h4-10H,11H2,1-3H3/b18-9-. The minimum absolute atomic E-state index is 0.261. The Hall–Kier alpha value is -2.25. The Morgan fingerprint density at radius 3 is 2.48 bits per heavy atom. The largest absolute Gasteiger partial charge is 0.493 e. The van der Waals surface area contributed by atoms with Crippen LogP contribution in [-0.4, -0.2) is 30.3 Å². The van der Waals surface area contributed by atoms with E-state index in [1.165, 1.54) is 4.90 Å². The van der Waals surface area contributed by atoms with Crippen LogP contribution in [0.15, 0.2) is 45.8 Å². The van der Waals surface area contributed by atoms with Gasteiger partial charge in [0, 0.05) is 4.47 Å². The second-order valence-electron chi connectivity index (χ2n) is 5.99. The van der Waals surface area contributed by atoms with Crippen LogP contribution in [0.25, 0.3) is 6.08 Å². The van der Waals surface area contributed by atoms with Crippen molar-refractivity contribution >= 4 is 44.9 Å². The van der Waals surface area contributed by atoms with Gasteiger partial charge in [0.25, 0.3) is 11.1 Å². The lowest BCUT2D eigenvalue weighted by molar-refractivity contribution is -0.123. The molecule has 2 aromatic carbocycles. The Balaban J connectivity index is 1.88. The first-order valence-corrected chi connectivity index (χ1v) is 9.76. The highest BCUT2D eigenvalue weighted by molar-refractivity contribution is 9.10. The summed E-state index contributed by atoms with van der Waals surface area (Å²) in [6, 6.07) is 11.3. The van der Waals surface area contributed by atoms with Gasteiger partial charge in [0.1, 0.15) is 0 Å². The maximum atomic E-state index is 12.7. The summed E-state index contributed by atoms with van der Waals surface area (Å²) < 4.78 is 11.3. The fourth-order valence-corrected chi connectivity index (χ4v) is 4.02. The summed E-state index contributed by atoms with van der Waals surface area (Å²) in [4.78, 5) is 26.7. The number of carbonyl (C=O) groups excluding carboxylic acids is 2. The minimum atomic E-state index is -0.298. The monoisotopic (exact) mass is 447 g/mol. The van der Waals surface area contributed by atoms with Gasteiger partial charge in [-0.15, -0.1) is 0 Å². The van der Waals surface area contributed by atoms with Gasteiger partial charge < -0.3 is 9.47 Å². The van der Waals surface area contributed by atoms with E-state index in [2.05, 4.69) is 15.9 Å². The van der Waals surface area contributed by atoms with Crippen molar-refractivity contribution < 1.29 is 19.1 Å². The van der Waals surface area contributed by atoms with E-state index in [9.17, 15) is 9.59 Å². The van der Waals surface area contributed by atoms with Crippen LogP contribution in [0.5, 0.6) is 11.5 Å². The van der Waals surface area contributed by atoms with Crippen LogP contribution in [0, 0.1) is 6.92 Å². The number of carbonyl (C=O) groups is 2. The molecule has 1 heterocycles. The number of aryl methyl sites for hydroxylation is 1. The van der Waals surface area contributed by atoms with Crippen LogP contribution < -0.4 is 9.47 Å². The number of ether oxygens (including phenoxy) is 2. The van der Waals surface area contributed by atoms with Crippen LogP contribution >= 0.6 is 27.7 Å². The summed E-state index contributed by atoms with van der Waals surface area (Å²) in [6.07, 6.45) is 1.69. The SMILES string of the molecule is COc1cc(Br)c(/C=C2\SC(=O)N(Cc3cccc(C)c3)C2=O)cc1OC. The molecule has 0 unspecified atom stereocenters. The van der Waals surface area contributed by atoms with Gasteiger partial charge in [-0.1, -0.05) is 45.8 Å². The van der Waals surface area contributed by atoms with E-state index in [1.54, 1.807) is 32.4 Å². The van der Waals surface area contributed by atoms with Gasteiger partial charge in [0.05, 0.1) is 25.7 Å². The Bertz CT molecular complexity index is 942. The topological polar surface area (TPSA) is 55.8 Å². The van der Waals surface area contributed by atoms with E-state index in [-0.39, 0.29) is 17.7 Å². The molecule has 7 heteroatoms. The Morgan fingerprint density at radius 2 is 1.81 bits per heavy atom. The Labute approximate surface area is 170 Å². The normalized spacial score (nSPS) is 15.6. The fourth-order valence-electron chi connectivity index (χ4n) is 2.75. The summed E-state index contributed by atoms with van der Waals surface area (Å²) >= 11 is 4.41. The Kier molecular flexibility index (Phi) is 5.92. The Morgan fingerprint density at radius 1 is 1.11 bits per heavy atom. The number of rotatable bonds is 5. The van der Waals surface area contributed by atoms with Crippen molar-refractivity contribution in [3.05, 3.63) is 62.5 Å². The molecule has 140 valence electrons. The molecule has 1 saturated heterocycles. The van der Waals surface area contributed by atoms with Crippen LogP contribution in [0.1, 0.15) is 16.7 Å². The number of halogens is 1. The van der Waals surface area contributed by atoms with Crippen molar-refractivity contribution in [2.45, 2.75) is 13.5 Å². The molecular weight excluding hydrogens is 430 g/mol. The first-order chi connectivity index (χ1) is 12.9. The highest BCUT2D eigenvalue weighted by atomic mass is 79.9. The lowest BCUT2D eigenvalue weighted by Crippen LogP contribution is -2.27. The smallest absolute Gasteiger partial charge is 0.293 e. The van der Waals surface area contributed by atoms with Gasteiger partial charge >= 0.3 is 0 Å². The average molecular weight is 448 g/mol. The van der Waals surface area contributed by atoms with Crippen molar-refractivity contribution in [3.8, 4) is 11.5 Å². The molecule has 0 saturated carbocycles. The molecular formula is C20H18BrNO4S. The number of nitrogens with zero attached hydrogens (tertiary/aromatic N) is 1. The first-order valence-electron chi connectivity index (χ1n) is 8.15. The number of thioether (sulfide) groups is 1. The van der Waals surface area contributed by atoms with Crippen molar-refractivity contribution in [3.63, 3.8) is 0 Å². The number of hydrogen-bond donors (Lipinski definition) is 0. The lowest BCUT2D eigenvalue weighted by Gasteiger charge is -2.13. The second kappa shape index (κ2) is 8.19. The zero-order valence-corrected chi connectivity index (χ0v) is 17.5. The van der Waals surface area contributed by atoms with Gasteiger partial charge in [-0.3, -0.25) is 14.5 Å². The van der Waals surface area contributed by atoms with Gasteiger partial charge in [-0.05, 0) is 48.0 Å². The van der Waals surface area contributed by atoms with Crippen LogP contribution in [-0.2, 0) is 11.3 Å². The average Bonchev–Trinajstić information content (AvgIpc) is 2.90. The summed E-state index contributed by atoms with van der Waals surface area (Å²) in [5.74, 6) is 0.827. The quantitative estimate of drug-likeness (QED) is 0.602. The summed E-state index contributed by atoms with van der Waals surface area (Å²) in [5.41, 5.74) is 2.74. The van der Waals surface area contributed by atoms with E-state index in [4.69, 9.17) is 9.47 Å². The van der Waals surface area contributed by atoms with E-state index in [0.717, 1.165) is 32.9 Å². The van der Waals surface area contributed by atoms with Crippen LogP contribution in [0.3, 0.4) is 0 Å². The molecule has 5 nitrogen and oxygen atoms in total. The van der Waals surface area contributed by atoms with E-state index in [1.807, 2.05) is 31.2 Å². The van der Waals surface area contributed by atoms with E-state index < -0.39 is 0 Å². The number of benzene rings is 2. The third-order valence-electron chi connectivity index (χ3n) is 4.09. The molecule has 1 fully saturated rings. The zero-order chi connectivity index (χ0) is 19.6. The number of methoxy groups -OCH3 is 2. The predicted molar refractivity (Wildman–Crippen MR) is 110 cm³/mol.